The van der Waals surface area contributed by atoms with Crippen molar-refractivity contribution in [2.45, 2.75) is 38.1 Å². The number of carbonyl (C=O) groups excluding carboxylic acids is 3. The van der Waals surface area contributed by atoms with Crippen molar-refractivity contribution in [1.82, 2.24) is 0 Å². The average molecular weight is 306 g/mol. The quantitative estimate of drug-likeness (QED) is 0.483. The molecule has 120 valence electrons. The van der Waals surface area contributed by atoms with Crippen LogP contribution in [0.15, 0.2) is 0 Å². The van der Waals surface area contributed by atoms with Crippen LogP contribution in [0.25, 0.3) is 0 Å². The van der Waals surface area contributed by atoms with Gasteiger partial charge in [-0.25, -0.2) is 0 Å². The molecule has 1 aliphatic heterocycles. The Morgan fingerprint density at radius 3 is 1.10 bits per heavy atom. The Morgan fingerprint density at radius 2 is 0.905 bits per heavy atom. The summed E-state index contributed by atoms with van der Waals surface area (Å²) >= 11 is 0. The molecule has 1 heterocycles. The van der Waals surface area contributed by atoms with Gasteiger partial charge in [0.15, 0.2) is 18.9 Å². The van der Waals surface area contributed by atoms with E-state index in [1.807, 2.05) is 0 Å². The van der Waals surface area contributed by atoms with Crippen molar-refractivity contribution < 1.29 is 42.8 Å². The van der Waals surface area contributed by atoms with Gasteiger partial charge in [0.2, 0.25) is 0 Å². The number of methoxy groups -OCH3 is 3. The molecule has 0 aliphatic carbocycles. The molecule has 0 amide bonds. The third-order valence-electron chi connectivity index (χ3n) is 2.59. The maximum Gasteiger partial charge on any atom is 0.310 e. The number of rotatable bonds is 6. The summed E-state index contributed by atoms with van der Waals surface area (Å²) in [5.41, 5.74) is 0. The highest BCUT2D eigenvalue weighted by Gasteiger charge is 2.35. The molecule has 0 aromatic carbocycles. The van der Waals surface area contributed by atoms with Crippen LogP contribution in [0.4, 0.5) is 0 Å². The van der Waals surface area contributed by atoms with Crippen LogP contribution in [0.3, 0.4) is 0 Å². The summed E-state index contributed by atoms with van der Waals surface area (Å²) in [7, 11) is 3.67. The summed E-state index contributed by atoms with van der Waals surface area (Å²) in [5, 5.41) is 0. The summed E-state index contributed by atoms with van der Waals surface area (Å²) in [6.45, 7) is 0. The Labute approximate surface area is 121 Å². The van der Waals surface area contributed by atoms with E-state index in [-0.39, 0.29) is 19.3 Å². The Bertz CT molecular complexity index is 318. The van der Waals surface area contributed by atoms with E-state index in [1.165, 1.54) is 21.3 Å². The van der Waals surface area contributed by atoms with Crippen molar-refractivity contribution in [3.8, 4) is 0 Å². The molecule has 0 bridgehead atoms. The van der Waals surface area contributed by atoms with Crippen molar-refractivity contribution in [3.05, 3.63) is 0 Å². The van der Waals surface area contributed by atoms with E-state index < -0.39 is 36.8 Å². The van der Waals surface area contributed by atoms with Gasteiger partial charge in [0.05, 0.1) is 40.6 Å². The second-order valence-corrected chi connectivity index (χ2v) is 4.04. The van der Waals surface area contributed by atoms with Gasteiger partial charge in [-0.3, -0.25) is 14.4 Å². The van der Waals surface area contributed by atoms with Crippen molar-refractivity contribution >= 4 is 17.9 Å². The molecule has 0 saturated carbocycles. The molecule has 0 atom stereocenters. The van der Waals surface area contributed by atoms with Crippen LogP contribution in [-0.4, -0.2) is 58.1 Å². The molecule has 0 aromatic heterocycles. The van der Waals surface area contributed by atoms with E-state index in [4.69, 9.17) is 14.2 Å². The lowest BCUT2D eigenvalue weighted by Crippen LogP contribution is -2.43. The molecule has 9 nitrogen and oxygen atoms in total. The Balaban J connectivity index is 2.65. The van der Waals surface area contributed by atoms with Crippen LogP contribution in [0.2, 0.25) is 0 Å². The van der Waals surface area contributed by atoms with Crippen LogP contribution < -0.4 is 0 Å². The first-order valence-corrected chi connectivity index (χ1v) is 6.15. The molecule has 0 N–H and O–H groups in total. The lowest BCUT2D eigenvalue weighted by atomic mass is 10.3. The maximum atomic E-state index is 11.2. The molecule has 1 aliphatic rings. The molecular formula is C12H18O9. The smallest absolute Gasteiger partial charge is 0.310 e. The van der Waals surface area contributed by atoms with Gasteiger partial charge >= 0.3 is 17.9 Å². The predicted molar refractivity (Wildman–Crippen MR) is 64.5 cm³/mol. The number of ether oxygens (including phenoxy) is 6. The van der Waals surface area contributed by atoms with E-state index in [2.05, 4.69) is 14.2 Å². The second-order valence-electron chi connectivity index (χ2n) is 4.04. The van der Waals surface area contributed by atoms with Gasteiger partial charge in [0.1, 0.15) is 0 Å². The van der Waals surface area contributed by atoms with Gasteiger partial charge in [-0.05, 0) is 0 Å². The lowest BCUT2D eigenvalue weighted by Gasteiger charge is -2.34. The zero-order valence-electron chi connectivity index (χ0n) is 12.0. The minimum absolute atomic E-state index is 0.199. The molecular weight excluding hydrogens is 288 g/mol. The summed E-state index contributed by atoms with van der Waals surface area (Å²) in [4.78, 5) is 33.7. The highest BCUT2D eigenvalue weighted by molar-refractivity contribution is 5.70. The molecule has 0 radical (unpaired) electrons. The van der Waals surface area contributed by atoms with Crippen molar-refractivity contribution in [1.29, 1.82) is 0 Å². The zero-order chi connectivity index (χ0) is 15.8. The molecule has 0 spiro atoms. The Hall–Kier alpha value is -1.71. The number of hydrogen-bond donors (Lipinski definition) is 0. The first-order chi connectivity index (χ1) is 9.98. The minimum Gasteiger partial charge on any atom is -0.469 e. The minimum atomic E-state index is -0.990. The maximum absolute atomic E-state index is 11.2. The van der Waals surface area contributed by atoms with Gasteiger partial charge in [-0.1, -0.05) is 0 Å². The van der Waals surface area contributed by atoms with Crippen LogP contribution in [0, 0.1) is 0 Å². The van der Waals surface area contributed by atoms with Crippen molar-refractivity contribution in [3.63, 3.8) is 0 Å². The van der Waals surface area contributed by atoms with Gasteiger partial charge in [-0.15, -0.1) is 0 Å². The van der Waals surface area contributed by atoms with E-state index >= 15 is 0 Å². The molecule has 0 aromatic rings. The summed E-state index contributed by atoms with van der Waals surface area (Å²) in [6.07, 6.45) is -3.57. The van der Waals surface area contributed by atoms with Gasteiger partial charge in [0.25, 0.3) is 0 Å². The first kappa shape index (κ1) is 17.3. The normalized spacial score (nSPS) is 25.0. The van der Waals surface area contributed by atoms with Gasteiger partial charge in [-0.2, -0.15) is 0 Å². The van der Waals surface area contributed by atoms with Crippen LogP contribution >= 0.6 is 0 Å². The summed E-state index contributed by atoms with van der Waals surface area (Å²) < 4.78 is 29.4. The second kappa shape index (κ2) is 8.55. The van der Waals surface area contributed by atoms with Gasteiger partial charge < -0.3 is 28.4 Å². The summed E-state index contributed by atoms with van der Waals surface area (Å²) in [6, 6.07) is 0. The van der Waals surface area contributed by atoms with E-state index in [9.17, 15) is 14.4 Å². The topological polar surface area (TPSA) is 107 Å². The highest BCUT2D eigenvalue weighted by Crippen LogP contribution is 2.23. The fraction of sp³-hybridized carbons (Fsp3) is 0.750. The lowest BCUT2D eigenvalue weighted by molar-refractivity contribution is -0.381. The zero-order valence-corrected chi connectivity index (χ0v) is 12.0. The molecule has 9 heteroatoms. The SMILES string of the molecule is COC(=O)CC1OC(CC(=O)OC)OC(CC(=O)OC)O1. The third kappa shape index (κ3) is 6.06. The van der Waals surface area contributed by atoms with Crippen LogP contribution in [-0.2, 0) is 42.8 Å². The van der Waals surface area contributed by atoms with Crippen molar-refractivity contribution in [2.75, 3.05) is 21.3 Å². The third-order valence-corrected chi connectivity index (χ3v) is 2.59. The standard InChI is InChI=1S/C12H18O9/c1-16-7(13)4-10-19-11(5-8(14)17-2)21-12(20-10)6-9(15)18-3/h10-12H,4-6H2,1-3H3. The largest absolute Gasteiger partial charge is 0.469 e. The average Bonchev–Trinajstić information content (AvgIpc) is 2.46. The summed E-state index contributed by atoms with van der Waals surface area (Å²) in [5.74, 6) is -1.68. The molecule has 1 fully saturated rings. The van der Waals surface area contributed by atoms with E-state index in [0.29, 0.717) is 0 Å². The fourth-order valence-corrected chi connectivity index (χ4v) is 1.55. The number of hydrogen-bond acceptors (Lipinski definition) is 9. The van der Waals surface area contributed by atoms with Crippen LogP contribution in [0.5, 0.6) is 0 Å². The molecule has 1 saturated heterocycles. The first-order valence-electron chi connectivity index (χ1n) is 6.15. The molecule has 1 rings (SSSR count). The number of carbonyl (C=O) groups is 3. The Morgan fingerprint density at radius 1 is 0.667 bits per heavy atom. The molecule has 0 unspecified atom stereocenters. The van der Waals surface area contributed by atoms with Crippen LogP contribution in [0.1, 0.15) is 19.3 Å². The van der Waals surface area contributed by atoms with E-state index in [1.54, 1.807) is 0 Å². The monoisotopic (exact) mass is 306 g/mol. The predicted octanol–water partition coefficient (Wildman–Crippen LogP) is -0.283. The number of esters is 3. The highest BCUT2D eigenvalue weighted by atomic mass is 16.9. The van der Waals surface area contributed by atoms with Crippen molar-refractivity contribution in [2.24, 2.45) is 0 Å². The fourth-order valence-electron chi connectivity index (χ4n) is 1.55. The Kier molecular flexibility index (Phi) is 7.06. The van der Waals surface area contributed by atoms with Gasteiger partial charge in [0, 0.05) is 0 Å². The van der Waals surface area contributed by atoms with E-state index in [0.717, 1.165) is 0 Å². The molecule has 21 heavy (non-hydrogen) atoms.